The topological polar surface area (TPSA) is 103 Å². The zero-order valence-electron chi connectivity index (χ0n) is 21.1. The quantitative estimate of drug-likeness (QED) is 0.662. The van der Waals surface area contributed by atoms with Crippen LogP contribution in [0.4, 0.5) is 4.79 Å². The van der Waals surface area contributed by atoms with Gasteiger partial charge in [-0.3, -0.25) is 4.90 Å². The first kappa shape index (κ1) is 26.0. The molecule has 4 bridgehead atoms. The van der Waals surface area contributed by atoms with Crippen molar-refractivity contribution in [3.63, 3.8) is 0 Å². The fourth-order valence-corrected chi connectivity index (χ4v) is 6.31. The van der Waals surface area contributed by atoms with Gasteiger partial charge in [-0.05, 0) is 77.0 Å². The molecule has 9 nitrogen and oxygen atoms in total. The predicted molar refractivity (Wildman–Crippen MR) is 131 cm³/mol. The number of hydrogen-bond donors (Lipinski definition) is 1. The lowest BCUT2D eigenvalue weighted by molar-refractivity contribution is -0.0116. The molecule has 1 saturated carbocycles. The smallest absolute Gasteiger partial charge is 0.410 e. The molecule has 2 fully saturated rings. The first-order chi connectivity index (χ1) is 16.6. The van der Waals surface area contributed by atoms with Crippen LogP contribution in [0.2, 0.25) is 0 Å². The van der Waals surface area contributed by atoms with Crippen LogP contribution in [0, 0.1) is 0 Å². The number of sulfonamides is 1. The van der Waals surface area contributed by atoms with E-state index in [1.807, 2.05) is 32.9 Å². The molecule has 196 valence electrons. The highest BCUT2D eigenvalue weighted by Gasteiger charge is 2.44. The van der Waals surface area contributed by atoms with Crippen LogP contribution in [0.25, 0.3) is 0 Å². The molecule has 5 rings (SSSR count). The molecule has 2 unspecified atom stereocenters. The van der Waals surface area contributed by atoms with Crippen molar-refractivity contribution in [2.24, 2.45) is 0 Å². The summed E-state index contributed by atoms with van der Waals surface area (Å²) in [5.41, 5.74) is 1.15. The molecule has 1 saturated heterocycles. The van der Waals surface area contributed by atoms with Gasteiger partial charge < -0.3 is 18.9 Å². The van der Waals surface area contributed by atoms with Gasteiger partial charge >= 0.3 is 6.09 Å². The summed E-state index contributed by atoms with van der Waals surface area (Å²) < 4.78 is 50.5. The van der Waals surface area contributed by atoms with E-state index in [2.05, 4.69) is 10.8 Å². The molecule has 0 radical (unpaired) electrons. The Kier molecular flexibility index (Phi) is 8.12. The highest BCUT2D eigenvalue weighted by molar-refractivity contribution is 7.88. The summed E-state index contributed by atoms with van der Waals surface area (Å²) in [6, 6.07) is 4.88. The number of carbonyl (C=O) groups excluding carboxylic acids is 1. The number of ether oxygens (including phenoxy) is 4. The van der Waals surface area contributed by atoms with Crippen molar-refractivity contribution >= 4 is 16.1 Å². The van der Waals surface area contributed by atoms with E-state index < -0.39 is 28.2 Å². The first-order valence-electron chi connectivity index (χ1n) is 12.6. The lowest BCUT2D eigenvalue weighted by atomic mass is 9.82. The van der Waals surface area contributed by atoms with E-state index >= 15 is 0 Å². The summed E-state index contributed by atoms with van der Waals surface area (Å²) in [5, 5.41) is 0. The average molecular weight is 511 g/mol. The Labute approximate surface area is 208 Å². The molecule has 3 atom stereocenters. The number of carbonyl (C=O) groups is 1. The molecule has 3 aliphatic heterocycles. The van der Waals surface area contributed by atoms with Gasteiger partial charge in [0.25, 0.3) is 0 Å². The fourth-order valence-electron chi connectivity index (χ4n) is 5.51. The third-order valence-corrected chi connectivity index (χ3v) is 7.74. The monoisotopic (exact) mass is 510 g/mol. The van der Waals surface area contributed by atoms with Gasteiger partial charge in [0.2, 0.25) is 10.0 Å². The van der Waals surface area contributed by atoms with E-state index in [1.54, 1.807) is 4.90 Å². The zero-order valence-corrected chi connectivity index (χ0v) is 21.9. The maximum Gasteiger partial charge on any atom is 0.410 e. The summed E-state index contributed by atoms with van der Waals surface area (Å²) in [7, 11) is -3.44. The number of amides is 1. The van der Waals surface area contributed by atoms with Gasteiger partial charge in [-0.15, -0.1) is 0 Å². The molecule has 0 spiro atoms. The largest absolute Gasteiger partial charge is 0.491 e. The first-order valence-corrected chi connectivity index (χ1v) is 14.5. The summed E-state index contributed by atoms with van der Waals surface area (Å²) in [4.78, 5) is 14.6. The molecule has 1 aromatic rings. The number of nitrogens with zero attached hydrogens (tertiary/aromatic N) is 1. The Balaban J connectivity index is 1.56. The Bertz CT molecular complexity index is 992. The minimum Gasteiger partial charge on any atom is -0.491 e. The summed E-state index contributed by atoms with van der Waals surface area (Å²) in [6.45, 7) is 6.51. The molecule has 3 heterocycles. The normalized spacial score (nSPS) is 30.0. The van der Waals surface area contributed by atoms with Crippen LogP contribution in [-0.2, 0) is 19.5 Å². The molecule has 10 heteroatoms. The van der Waals surface area contributed by atoms with Crippen molar-refractivity contribution in [1.82, 2.24) is 9.62 Å². The number of nitrogens with one attached hydrogen (secondary N) is 1. The molecule has 1 aliphatic carbocycles. The van der Waals surface area contributed by atoms with Gasteiger partial charge in [-0.25, -0.2) is 17.9 Å². The maximum absolute atomic E-state index is 13.0. The molecule has 4 aliphatic rings. The summed E-state index contributed by atoms with van der Waals surface area (Å²) >= 11 is 0. The van der Waals surface area contributed by atoms with E-state index in [-0.39, 0.29) is 38.1 Å². The number of benzene rings is 1. The molecule has 1 N–H and O–H groups in total. The number of hydrogen-bond acceptors (Lipinski definition) is 7. The molecule has 35 heavy (non-hydrogen) atoms. The van der Waals surface area contributed by atoms with Crippen molar-refractivity contribution in [1.29, 1.82) is 0 Å². The van der Waals surface area contributed by atoms with Crippen LogP contribution in [-0.4, -0.2) is 75.8 Å². The predicted octanol–water partition coefficient (Wildman–Crippen LogP) is 3.43. The van der Waals surface area contributed by atoms with Gasteiger partial charge in [0.05, 0.1) is 31.1 Å². The van der Waals surface area contributed by atoms with E-state index in [9.17, 15) is 13.2 Å². The van der Waals surface area contributed by atoms with Gasteiger partial charge in [-0.2, -0.15) is 0 Å². The SMILES string of the molecule is CC(C)Oc1ccc2cc1C1CCC(CC1)OCC1[C@@H](NS(C)(=O)=O)CC(C)N1C(=O)OCCO2. The van der Waals surface area contributed by atoms with E-state index in [0.717, 1.165) is 49.0 Å². The molecule has 1 aromatic carbocycles. The Morgan fingerprint density at radius 3 is 2.51 bits per heavy atom. The maximum atomic E-state index is 13.0. The van der Waals surface area contributed by atoms with Gasteiger partial charge in [0.15, 0.2) is 0 Å². The van der Waals surface area contributed by atoms with Crippen molar-refractivity contribution in [3.05, 3.63) is 23.8 Å². The van der Waals surface area contributed by atoms with Crippen LogP contribution in [0.15, 0.2) is 18.2 Å². The fraction of sp³-hybridized carbons (Fsp3) is 0.720. The van der Waals surface area contributed by atoms with Crippen molar-refractivity contribution in [2.75, 3.05) is 26.1 Å². The van der Waals surface area contributed by atoms with Crippen LogP contribution in [0.3, 0.4) is 0 Å². The molecule has 0 aromatic heterocycles. The average Bonchev–Trinajstić information content (AvgIpc) is 3.08. The van der Waals surface area contributed by atoms with Crippen molar-refractivity contribution in [3.8, 4) is 11.5 Å². The minimum absolute atomic E-state index is 0.0562. The standard InChI is InChI=1S/C25H38N2O7S/c1-16(2)34-24-10-9-20-14-21(24)18-5-7-19(8-6-18)33-15-23-22(26-35(4,29)30)13-17(3)27(23)25(28)32-12-11-31-20/h9-10,14,16-19,22-23,26H,5-8,11-13,15H2,1-4H3/t17?,18?,19?,22-,23?/m0/s1. The zero-order chi connectivity index (χ0) is 25.2. The van der Waals surface area contributed by atoms with Gasteiger partial charge in [0.1, 0.15) is 24.7 Å². The van der Waals surface area contributed by atoms with Crippen LogP contribution < -0.4 is 14.2 Å². The minimum atomic E-state index is -3.44. The van der Waals surface area contributed by atoms with Crippen LogP contribution in [0.5, 0.6) is 11.5 Å². The lowest BCUT2D eigenvalue weighted by Crippen LogP contribution is -2.50. The molecular weight excluding hydrogens is 472 g/mol. The van der Waals surface area contributed by atoms with E-state index in [4.69, 9.17) is 18.9 Å². The highest BCUT2D eigenvalue weighted by atomic mass is 32.2. The molecule has 1 amide bonds. The summed E-state index contributed by atoms with van der Waals surface area (Å²) in [5.74, 6) is 1.96. The third-order valence-electron chi connectivity index (χ3n) is 7.01. The summed E-state index contributed by atoms with van der Waals surface area (Å²) in [6.07, 6.45) is 4.97. The van der Waals surface area contributed by atoms with Gasteiger partial charge in [-0.1, -0.05) is 0 Å². The van der Waals surface area contributed by atoms with Crippen LogP contribution in [0.1, 0.15) is 64.4 Å². The lowest BCUT2D eigenvalue weighted by Gasteiger charge is -2.34. The van der Waals surface area contributed by atoms with E-state index in [0.29, 0.717) is 12.3 Å². The van der Waals surface area contributed by atoms with Crippen molar-refractivity contribution < 1.29 is 32.2 Å². The number of fused-ring (bicyclic) bond motifs is 7. The van der Waals surface area contributed by atoms with Gasteiger partial charge in [0, 0.05) is 17.6 Å². The third kappa shape index (κ3) is 6.59. The number of rotatable bonds is 4. The van der Waals surface area contributed by atoms with E-state index in [1.165, 1.54) is 0 Å². The molecular formula is C25H38N2O7S. The van der Waals surface area contributed by atoms with Crippen molar-refractivity contribution in [2.45, 2.75) is 89.1 Å². The second kappa shape index (κ2) is 10.9. The highest BCUT2D eigenvalue weighted by Crippen LogP contribution is 2.41. The second-order valence-corrected chi connectivity index (χ2v) is 12.0. The van der Waals surface area contributed by atoms with Crippen LogP contribution >= 0.6 is 0 Å². The Morgan fingerprint density at radius 2 is 1.83 bits per heavy atom. The Hall–Kier alpha value is -2.04. The second-order valence-electron chi connectivity index (χ2n) is 10.2. The Morgan fingerprint density at radius 1 is 1.11 bits per heavy atom.